The number of nitrogens with zero attached hydrogens (tertiary/aromatic N) is 3. The van der Waals surface area contributed by atoms with Gasteiger partial charge in [0.2, 0.25) is 0 Å². The first-order valence-corrected chi connectivity index (χ1v) is 18.2. The fourth-order valence-corrected chi connectivity index (χ4v) is 7.30. The molecule has 0 aliphatic heterocycles. The fraction of sp³-hybridized carbons (Fsp3) is 0. The van der Waals surface area contributed by atoms with Gasteiger partial charge >= 0.3 is 0 Å². The number of benzene rings is 8. The van der Waals surface area contributed by atoms with Crippen LogP contribution in [0.2, 0.25) is 0 Å². The Morgan fingerprint density at radius 2 is 0.893 bits per heavy atom. The van der Waals surface area contributed by atoms with Gasteiger partial charge in [-0.3, -0.25) is 0 Å². The molecule has 5 heteroatoms. The molecule has 0 unspecified atom stereocenters. The summed E-state index contributed by atoms with van der Waals surface area (Å²) in [4.78, 5) is 14.5. The zero-order valence-corrected chi connectivity index (χ0v) is 29.6. The van der Waals surface area contributed by atoms with E-state index in [-0.39, 0.29) is 75.1 Å². The second-order valence-corrected chi connectivity index (χ2v) is 13.5. The molecular formula is C51H31N3O2. The quantitative estimate of drug-likeness (QED) is 0.171. The third-order valence-electron chi connectivity index (χ3n) is 10.1. The predicted octanol–water partition coefficient (Wildman–Crippen LogP) is 13.7. The van der Waals surface area contributed by atoms with E-state index in [0.717, 1.165) is 33.0 Å². The average molecular weight is 724 g/mol. The van der Waals surface area contributed by atoms with Crippen LogP contribution in [0, 0.1) is 0 Å². The predicted molar refractivity (Wildman–Crippen MR) is 227 cm³/mol. The largest absolute Gasteiger partial charge is 0.455 e. The maximum absolute atomic E-state index is 9.65. The van der Waals surface area contributed by atoms with Crippen molar-refractivity contribution >= 4 is 43.9 Å². The lowest BCUT2D eigenvalue weighted by molar-refractivity contribution is 0.665. The van der Waals surface area contributed by atoms with E-state index in [0.29, 0.717) is 39.5 Å². The normalized spacial score (nSPS) is 13.1. The molecule has 0 fully saturated rings. The van der Waals surface area contributed by atoms with E-state index < -0.39 is 0 Å². The molecule has 0 aliphatic rings. The molecular weight excluding hydrogens is 687 g/mol. The van der Waals surface area contributed by atoms with Crippen molar-refractivity contribution in [3.8, 4) is 67.5 Å². The molecule has 56 heavy (non-hydrogen) atoms. The lowest BCUT2D eigenvalue weighted by Crippen LogP contribution is -2.00. The monoisotopic (exact) mass is 723 g/mol. The third-order valence-corrected chi connectivity index (χ3v) is 10.1. The third kappa shape index (κ3) is 5.45. The van der Waals surface area contributed by atoms with Crippen LogP contribution in [0.1, 0.15) is 8.22 Å². The van der Waals surface area contributed by atoms with Crippen molar-refractivity contribution < 1.29 is 17.1 Å². The molecule has 0 saturated heterocycles. The van der Waals surface area contributed by atoms with Crippen molar-refractivity contribution in [1.82, 2.24) is 15.0 Å². The highest BCUT2D eigenvalue weighted by atomic mass is 16.3. The summed E-state index contributed by atoms with van der Waals surface area (Å²) in [6, 6.07) is 46.5. The maximum atomic E-state index is 9.65. The molecule has 0 spiro atoms. The van der Waals surface area contributed by atoms with Crippen LogP contribution in [0.4, 0.5) is 0 Å². The molecule has 0 bridgehead atoms. The molecule has 0 N–H and O–H groups in total. The maximum Gasteiger partial charge on any atom is 0.164 e. The molecule has 8 aromatic carbocycles. The Morgan fingerprint density at radius 3 is 1.61 bits per heavy atom. The van der Waals surface area contributed by atoms with Gasteiger partial charge in [0.1, 0.15) is 22.3 Å². The first-order valence-electron chi connectivity index (χ1n) is 21.2. The SMILES string of the molecule is [2H]c1c([2H])c([2H])c2c(oc3c([2H])c(-c4nc(-c5ccccc5)nc(-c5ccc(-c6ccccc6)cc5)n4)c([2H])c([2H])c32)c1-c1cc(-c2ccccc2)cc2c1oc1ccccc12. The Bertz CT molecular complexity index is 3580. The lowest BCUT2D eigenvalue weighted by atomic mass is 9.95. The van der Waals surface area contributed by atoms with E-state index in [2.05, 4.69) is 0 Å². The number of aromatic nitrogens is 3. The van der Waals surface area contributed by atoms with Crippen LogP contribution in [0.5, 0.6) is 0 Å². The summed E-state index contributed by atoms with van der Waals surface area (Å²) in [5.41, 5.74) is 6.81. The van der Waals surface area contributed by atoms with Crippen molar-refractivity contribution in [2.24, 2.45) is 0 Å². The highest BCUT2D eigenvalue weighted by molar-refractivity contribution is 6.16. The summed E-state index contributed by atoms with van der Waals surface area (Å²) in [5.74, 6) is 0.625. The highest BCUT2D eigenvalue weighted by Crippen LogP contribution is 2.44. The van der Waals surface area contributed by atoms with Crippen LogP contribution in [-0.2, 0) is 0 Å². The lowest BCUT2D eigenvalue weighted by Gasteiger charge is -2.09. The van der Waals surface area contributed by atoms with Crippen molar-refractivity contribution in [3.05, 3.63) is 188 Å². The molecule has 5 nitrogen and oxygen atoms in total. The Morgan fingerprint density at radius 1 is 0.357 bits per heavy atom. The van der Waals surface area contributed by atoms with Crippen LogP contribution in [0.3, 0.4) is 0 Å². The van der Waals surface area contributed by atoms with Crippen molar-refractivity contribution in [2.75, 3.05) is 0 Å². The standard InChI is InChI=1S/C51H31N3O2/c1-4-13-32(14-5-1)34-23-25-36(26-24-34)50-52-49(35-17-8-3-9-18-35)53-51(54-50)37-27-28-40-41-20-12-21-42(47(41)56-46(40)31-37)44-30-38(33-15-6-2-7-16-33)29-43-39-19-10-11-22-45(39)55-48(43)44/h1-31H/i12D,20D,21D,27D,28D,31D. The summed E-state index contributed by atoms with van der Waals surface area (Å²) >= 11 is 0. The number of fused-ring (bicyclic) bond motifs is 6. The number of para-hydroxylation sites is 2. The van der Waals surface area contributed by atoms with Gasteiger partial charge in [-0.25, -0.2) is 15.0 Å². The van der Waals surface area contributed by atoms with Crippen LogP contribution in [-0.4, -0.2) is 15.0 Å². The zero-order valence-electron chi connectivity index (χ0n) is 35.6. The minimum Gasteiger partial charge on any atom is -0.455 e. The summed E-state index contributed by atoms with van der Waals surface area (Å²) < 4.78 is 69.2. The van der Waals surface area contributed by atoms with Gasteiger partial charge < -0.3 is 8.83 Å². The molecule has 262 valence electrons. The molecule has 3 aromatic heterocycles. The Labute approximate surface area is 330 Å². The van der Waals surface area contributed by atoms with E-state index in [9.17, 15) is 5.48 Å². The van der Waals surface area contributed by atoms with E-state index in [1.165, 1.54) is 0 Å². The molecule has 11 aromatic rings. The minimum absolute atomic E-state index is 0.0000676. The first-order chi connectivity index (χ1) is 30.2. The van der Waals surface area contributed by atoms with Gasteiger partial charge in [0.05, 0.1) is 8.22 Å². The van der Waals surface area contributed by atoms with Crippen LogP contribution in [0.25, 0.3) is 111 Å². The topological polar surface area (TPSA) is 65.0 Å². The van der Waals surface area contributed by atoms with Gasteiger partial charge in [0, 0.05) is 49.4 Å². The van der Waals surface area contributed by atoms with Crippen molar-refractivity contribution in [2.45, 2.75) is 0 Å². The van der Waals surface area contributed by atoms with Crippen LogP contribution in [0.15, 0.2) is 197 Å². The first kappa shape index (κ1) is 26.2. The molecule has 3 heterocycles. The number of hydrogen-bond acceptors (Lipinski definition) is 5. The fourth-order valence-electron chi connectivity index (χ4n) is 7.30. The summed E-state index contributed by atoms with van der Waals surface area (Å²) in [5, 5.41) is 1.73. The highest BCUT2D eigenvalue weighted by Gasteiger charge is 2.20. The molecule has 0 atom stereocenters. The van der Waals surface area contributed by atoms with Gasteiger partial charge in [-0.15, -0.1) is 0 Å². The van der Waals surface area contributed by atoms with Gasteiger partial charge in [-0.05, 0) is 52.5 Å². The van der Waals surface area contributed by atoms with E-state index in [1.54, 1.807) is 0 Å². The molecule has 0 amide bonds. The van der Waals surface area contributed by atoms with E-state index >= 15 is 0 Å². The van der Waals surface area contributed by atoms with Gasteiger partial charge in [0.15, 0.2) is 17.5 Å². The second kappa shape index (κ2) is 13.0. The average Bonchev–Trinajstić information content (AvgIpc) is 3.91. The van der Waals surface area contributed by atoms with Crippen LogP contribution >= 0.6 is 0 Å². The smallest absolute Gasteiger partial charge is 0.164 e. The Kier molecular flexibility index (Phi) is 6.10. The van der Waals surface area contributed by atoms with E-state index in [1.807, 2.05) is 152 Å². The van der Waals surface area contributed by atoms with Gasteiger partial charge in [0.25, 0.3) is 0 Å². The van der Waals surface area contributed by atoms with Crippen molar-refractivity contribution in [1.29, 1.82) is 0 Å². The Hall–Kier alpha value is -7.63. The zero-order chi connectivity index (χ0) is 42.2. The summed E-state index contributed by atoms with van der Waals surface area (Å²) in [6.07, 6.45) is 0. The molecule has 0 radical (unpaired) electrons. The van der Waals surface area contributed by atoms with Crippen molar-refractivity contribution in [3.63, 3.8) is 0 Å². The summed E-state index contributed by atoms with van der Waals surface area (Å²) in [7, 11) is 0. The Balaban J connectivity index is 1.17. The number of furan rings is 2. The second-order valence-electron chi connectivity index (χ2n) is 13.5. The van der Waals surface area contributed by atoms with Gasteiger partial charge in [-0.1, -0.05) is 158 Å². The van der Waals surface area contributed by atoms with Crippen LogP contribution < -0.4 is 0 Å². The number of hydrogen-bond donors (Lipinski definition) is 0. The molecule has 0 saturated carbocycles. The minimum atomic E-state index is -0.390. The molecule has 11 rings (SSSR count). The number of rotatable bonds is 6. The van der Waals surface area contributed by atoms with Gasteiger partial charge in [-0.2, -0.15) is 0 Å². The summed E-state index contributed by atoms with van der Waals surface area (Å²) in [6.45, 7) is 0. The molecule has 0 aliphatic carbocycles. The van der Waals surface area contributed by atoms with E-state index in [4.69, 9.17) is 26.5 Å².